The Hall–Kier alpha value is -12.1. The highest BCUT2D eigenvalue weighted by Gasteiger charge is 2.25. The molecular formula is C86H50N6OS2. The van der Waals surface area contributed by atoms with Crippen molar-refractivity contribution in [3.63, 3.8) is 0 Å². The minimum atomic E-state index is -0.406. The number of benzene rings is 14. The maximum absolute atomic E-state index is 8.58. The molecule has 0 fully saturated rings. The predicted molar refractivity (Wildman–Crippen MR) is 400 cm³/mol. The Bertz CT molecular complexity index is 7050. The number of thiophene rings is 2. The zero-order valence-corrected chi connectivity index (χ0v) is 52.0. The summed E-state index contributed by atoms with van der Waals surface area (Å²) in [6.45, 7) is 0. The van der Waals surface area contributed by atoms with E-state index in [2.05, 4.69) is 221 Å². The van der Waals surface area contributed by atoms with Gasteiger partial charge in [-0.3, -0.25) is 9.13 Å². The van der Waals surface area contributed by atoms with Crippen LogP contribution in [0.25, 0.3) is 195 Å². The van der Waals surface area contributed by atoms with Crippen LogP contribution in [0.3, 0.4) is 0 Å². The lowest BCUT2D eigenvalue weighted by molar-refractivity contribution is 0.651. The molecule has 21 aromatic rings. The molecule has 0 aliphatic heterocycles. The molecular weight excluding hydrogens is 1200 g/mol. The summed E-state index contributed by atoms with van der Waals surface area (Å²) < 4.78 is 56.2. The van der Waals surface area contributed by atoms with Crippen molar-refractivity contribution in [3.8, 4) is 56.7 Å². The summed E-state index contributed by atoms with van der Waals surface area (Å²) in [4.78, 5) is 22.0. The van der Waals surface area contributed by atoms with Crippen LogP contribution in [0.5, 0.6) is 0 Å². The van der Waals surface area contributed by atoms with Crippen molar-refractivity contribution >= 4 is 161 Å². The van der Waals surface area contributed by atoms with Crippen molar-refractivity contribution in [1.82, 2.24) is 29.1 Å². The van der Waals surface area contributed by atoms with Gasteiger partial charge in [0.05, 0.1) is 45.7 Å². The van der Waals surface area contributed by atoms with Gasteiger partial charge in [0.2, 0.25) is 17.6 Å². The van der Waals surface area contributed by atoms with Gasteiger partial charge in [-0.1, -0.05) is 224 Å². The van der Waals surface area contributed by atoms with E-state index in [0.717, 1.165) is 114 Å². The summed E-state index contributed by atoms with van der Waals surface area (Å²) in [7, 11) is 0. The van der Waals surface area contributed by atoms with Gasteiger partial charge in [-0.05, 0) is 133 Å². The molecule has 0 atom stereocenters. The Labute approximate surface area is 558 Å². The standard InChI is InChI=1S/C48H27N3OS.C38H23N3S/c1-2-10-29-23-32(18-17-28(29)9-1)33-19-22-38-42(26-33)52-47-45(38)46(34-20-21-37-36-14-6-8-16-43(36)53-44(37)27-34)49-48(50-47)51-40-15-7-5-13-35(40)39-24-30-11-3-4-12-31(30)25-41(39)51;1-3-11-24(12-4-1)28-19-20-34-31(22-28)35-36(25-13-5-2-6-14-25)39-38(40-37(35)42-34)41-32-18-10-9-17-29(32)30-21-26-15-7-8-16-27(26)23-33(30)41/h1-27H;1-23H/i;1D,3D,4D,11D,12D. The number of aromatic nitrogens is 6. The van der Waals surface area contributed by atoms with Gasteiger partial charge >= 0.3 is 0 Å². The second kappa shape index (κ2) is 21.2. The van der Waals surface area contributed by atoms with Crippen molar-refractivity contribution in [3.05, 3.63) is 303 Å². The van der Waals surface area contributed by atoms with Crippen LogP contribution < -0.4 is 0 Å². The molecule has 9 heteroatoms. The molecule has 0 aliphatic rings. The fraction of sp³-hybridized carbons (Fsp3) is 0. The summed E-state index contributed by atoms with van der Waals surface area (Å²) >= 11 is 3.37. The zero-order valence-electron chi connectivity index (χ0n) is 55.4. The van der Waals surface area contributed by atoms with Crippen molar-refractivity contribution in [2.45, 2.75) is 0 Å². The van der Waals surface area contributed by atoms with Gasteiger partial charge < -0.3 is 4.42 Å². The smallest absolute Gasteiger partial charge is 0.238 e. The van der Waals surface area contributed by atoms with E-state index >= 15 is 0 Å². The van der Waals surface area contributed by atoms with Crippen LogP contribution in [0.4, 0.5) is 0 Å². The molecule has 0 N–H and O–H groups in total. The highest BCUT2D eigenvalue weighted by molar-refractivity contribution is 7.26. The topological polar surface area (TPSA) is 74.6 Å². The highest BCUT2D eigenvalue weighted by Crippen LogP contribution is 2.45. The molecule has 0 radical (unpaired) electrons. The van der Waals surface area contributed by atoms with Gasteiger partial charge in [0.25, 0.3) is 0 Å². The van der Waals surface area contributed by atoms with Crippen molar-refractivity contribution in [2.24, 2.45) is 0 Å². The third kappa shape index (κ3) is 8.64. The molecule has 442 valence electrons. The van der Waals surface area contributed by atoms with Gasteiger partial charge in [0.15, 0.2) is 0 Å². The molecule has 0 spiro atoms. The minimum Gasteiger partial charge on any atom is -0.437 e. The number of fused-ring (bicyclic) bond motifs is 18. The average Bonchev–Trinajstić information content (AvgIpc) is 1.56. The van der Waals surface area contributed by atoms with E-state index in [0.29, 0.717) is 23.2 Å². The summed E-state index contributed by atoms with van der Waals surface area (Å²) in [5.74, 6) is 1.15. The monoisotopic (exact) mass is 1250 g/mol. The number of hydrogen-bond acceptors (Lipinski definition) is 7. The molecule has 95 heavy (non-hydrogen) atoms. The first-order chi connectivity index (χ1) is 49.1. The third-order valence-electron chi connectivity index (χ3n) is 18.7. The zero-order chi connectivity index (χ0) is 66.6. The summed E-state index contributed by atoms with van der Waals surface area (Å²) in [6.07, 6.45) is 0. The maximum atomic E-state index is 8.58. The normalized spacial score (nSPS) is 12.7. The van der Waals surface area contributed by atoms with Crippen LogP contribution >= 0.6 is 22.7 Å². The van der Waals surface area contributed by atoms with Gasteiger partial charge in [-0.25, -0.2) is 15.0 Å². The number of para-hydroxylation sites is 2. The van der Waals surface area contributed by atoms with Crippen LogP contribution in [0.2, 0.25) is 0 Å². The van der Waals surface area contributed by atoms with E-state index < -0.39 is 6.04 Å². The first-order valence-electron chi connectivity index (χ1n) is 34.0. The van der Waals surface area contributed by atoms with Gasteiger partial charge in [-0.2, -0.15) is 4.98 Å². The van der Waals surface area contributed by atoms with Crippen LogP contribution in [0.1, 0.15) is 6.85 Å². The van der Waals surface area contributed by atoms with Crippen molar-refractivity contribution in [2.75, 3.05) is 0 Å². The second-order valence-electron chi connectivity index (χ2n) is 24.1. The summed E-state index contributed by atoms with van der Waals surface area (Å²) in [5.41, 5.74) is 12.1. The van der Waals surface area contributed by atoms with E-state index in [1.807, 2.05) is 72.0 Å². The van der Waals surface area contributed by atoms with Gasteiger partial charge in [0, 0.05) is 73.7 Å². The quantitative estimate of drug-likeness (QED) is 0.166. The largest absolute Gasteiger partial charge is 0.437 e. The average molecular weight is 1250 g/mol. The van der Waals surface area contributed by atoms with Gasteiger partial charge in [0.1, 0.15) is 10.4 Å². The first kappa shape index (κ1) is 48.6. The summed E-state index contributed by atoms with van der Waals surface area (Å²) in [5, 5.41) is 17.9. The number of hydrogen-bond donors (Lipinski definition) is 0. The lowest BCUT2D eigenvalue weighted by atomic mass is 9.99. The molecule has 7 heterocycles. The Kier molecular flexibility index (Phi) is 10.9. The Balaban J connectivity index is 0.000000136. The Morgan fingerprint density at radius 1 is 0.295 bits per heavy atom. The molecule has 14 aromatic carbocycles. The molecule has 0 saturated carbocycles. The fourth-order valence-electron chi connectivity index (χ4n) is 14.3. The molecule has 0 bridgehead atoms. The third-order valence-corrected chi connectivity index (χ3v) is 20.9. The lowest BCUT2D eigenvalue weighted by Gasteiger charge is -2.11. The lowest BCUT2D eigenvalue weighted by Crippen LogP contribution is -2.02. The van der Waals surface area contributed by atoms with E-state index in [-0.39, 0.29) is 29.7 Å². The molecule has 21 rings (SSSR count). The Morgan fingerprint density at radius 3 is 1.52 bits per heavy atom. The van der Waals surface area contributed by atoms with Crippen LogP contribution in [-0.2, 0) is 0 Å². The molecule has 0 unspecified atom stereocenters. The molecule has 0 aliphatic carbocycles. The molecule has 0 saturated heterocycles. The minimum absolute atomic E-state index is 0.175. The second-order valence-corrected chi connectivity index (χ2v) is 26.2. The van der Waals surface area contributed by atoms with E-state index in [9.17, 15) is 0 Å². The van der Waals surface area contributed by atoms with Crippen LogP contribution in [0.15, 0.2) is 308 Å². The van der Waals surface area contributed by atoms with E-state index in [1.165, 1.54) is 52.5 Å². The molecule has 7 aromatic heterocycles. The Morgan fingerprint density at radius 2 is 0.811 bits per heavy atom. The van der Waals surface area contributed by atoms with Crippen molar-refractivity contribution < 1.29 is 11.3 Å². The number of rotatable bonds is 6. The van der Waals surface area contributed by atoms with E-state index in [1.54, 1.807) is 11.3 Å². The number of nitrogens with zero attached hydrogens (tertiary/aromatic N) is 6. The molecule has 7 nitrogen and oxygen atoms in total. The molecule has 0 amide bonds. The first-order valence-corrected chi connectivity index (χ1v) is 33.1. The summed E-state index contributed by atoms with van der Waals surface area (Å²) in [6, 6.07) is 93.8. The fourth-order valence-corrected chi connectivity index (χ4v) is 16.5. The van der Waals surface area contributed by atoms with Crippen LogP contribution in [-0.4, -0.2) is 29.1 Å². The number of furan rings is 1. The van der Waals surface area contributed by atoms with E-state index in [4.69, 9.17) is 31.2 Å². The van der Waals surface area contributed by atoms with Crippen LogP contribution in [0, 0.1) is 0 Å². The SMILES string of the molecule is [2H]c1c([2H])c([2H])c(-c2ccc3sc4nc(-n5c6ccccc6c6cc7ccccc7cc65)nc(-c5ccccc5)c4c3c2)c([2H])c1[2H].c1ccc2cc(-c3ccc4c(c3)oc3nc(-n5c6ccccc6c6cc7ccccc7cc65)nc(-c5ccc6c(c5)sc5ccccc56)c34)ccc2c1. The van der Waals surface area contributed by atoms with Crippen molar-refractivity contribution in [1.29, 1.82) is 0 Å². The highest BCUT2D eigenvalue weighted by atomic mass is 32.1. The predicted octanol–water partition coefficient (Wildman–Crippen LogP) is 23.9. The maximum Gasteiger partial charge on any atom is 0.238 e. The van der Waals surface area contributed by atoms with Gasteiger partial charge in [-0.15, -0.1) is 22.7 Å².